The molecule has 0 saturated carbocycles. The highest BCUT2D eigenvalue weighted by Gasteiger charge is 2.72. The maximum absolute atomic E-state index is 13.4. The number of hydrogen-bond donors (Lipinski definition) is 4. The van der Waals surface area contributed by atoms with E-state index in [1.807, 2.05) is 0 Å². The molecular formula is C19H15F9I2N2O2. The van der Waals surface area contributed by atoms with Crippen LogP contribution in [0.4, 0.5) is 50.9 Å². The third-order valence-electron chi connectivity index (χ3n) is 5.10. The van der Waals surface area contributed by atoms with Crippen LogP contribution in [0.3, 0.4) is 0 Å². The highest BCUT2D eigenvalue weighted by molar-refractivity contribution is 14.1. The zero-order valence-electron chi connectivity index (χ0n) is 16.7. The summed E-state index contributed by atoms with van der Waals surface area (Å²) in [5, 5.41) is 19.7. The van der Waals surface area contributed by atoms with Gasteiger partial charge in [0.25, 0.3) is 5.60 Å². The number of nitrogen functional groups attached to an aromatic ring is 2. The van der Waals surface area contributed by atoms with E-state index in [2.05, 4.69) is 0 Å². The van der Waals surface area contributed by atoms with Gasteiger partial charge in [-0.15, -0.1) is 0 Å². The van der Waals surface area contributed by atoms with E-state index in [0.29, 0.717) is 13.0 Å². The van der Waals surface area contributed by atoms with E-state index in [0.717, 1.165) is 18.2 Å². The molecule has 0 aromatic heterocycles. The lowest BCUT2D eigenvalue weighted by atomic mass is 9.87. The average Bonchev–Trinajstić information content (AvgIpc) is 2.62. The monoisotopic (exact) mass is 728 g/mol. The predicted octanol–water partition coefficient (Wildman–Crippen LogP) is 5.73. The Morgan fingerprint density at radius 3 is 1.38 bits per heavy atom. The molecule has 0 heterocycles. The minimum absolute atomic E-state index is 0.0190. The second-order valence-electron chi connectivity index (χ2n) is 7.51. The Hall–Kier alpha value is -1.21. The fourth-order valence-corrected chi connectivity index (χ4v) is 4.46. The van der Waals surface area contributed by atoms with Crippen LogP contribution in [-0.2, 0) is 17.6 Å². The Morgan fingerprint density at radius 2 is 1.03 bits per heavy atom. The first-order chi connectivity index (χ1) is 15.1. The van der Waals surface area contributed by atoms with Gasteiger partial charge in [-0.2, -0.15) is 39.5 Å². The minimum atomic E-state index is -6.18. The summed E-state index contributed by atoms with van der Waals surface area (Å²) in [7, 11) is 0. The molecule has 0 spiro atoms. The van der Waals surface area contributed by atoms with Crippen LogP contribution in [0, 0.1) is 7.14 Å². The molecule has 15 heteroatoms. The quantitative estimate of drug-likeness (QED) is 0.184. The molecule has 0 saturated heterocycles. The molecule has 2 aromatic carbocycles. The van der Waals surface area contributed by atoms with Crippen molar-refractivity contribution in [3.8, 4) is 0 Å². The van der Waals surface area contributed by atoms with Gasteiger partial charge >= 0.3 is 18.5 Å². The summed E-state index contributed by atoms with van der Waals surface area (Å²) in [5.74, 6) is 0. The molecular weight excluding hydrogens is 713 g/mol. The van der Waals surface area contributed by atoms with E-state index in [9.17, 15) is 49.7 Å². The second kappa shape index (κ2) is 9.02. The van der Waals surface area contributed by atoms with Gasteiger partial charge in [0.2, 0.25) is 0 Å². The van der Waals surface area contributed by atoms with Crippen molar-refractivity contribution < 1.29 is 49.7 Å². The van der Waals surface area contributed by atoms with E-state index in [1.165, 1.54) is 0 Å². The number of nitrogens with two attached hydrogens (primary N) is 2. The highest BCUT2D eigenvalue weighted by atomic mass is 127. The fourth-order valence-electron chi connectivity index (χ4n) is 3.10. The number of alkyl halides is 9. The molecule has 6 N–H and O–H groups in total. The maximum atomic E-state index is 13.4. The van der Waals surface area contributed by atoms with Crippen LogP contribution >= 0.6 is 45.2 Å². The Morgan fingerprint density at radius 1 is 0.676 bits per heavy atom. The minimum Gasteiger partial charge on any atom is -0.398 e. The van der Waals surface area contributed by atoms with Gasteiger partial charge in [0.15, 0.2) is 5.60 Å². The van der Waals surface area contributed by atoms with Crippen molar-refractivity contribution >= 4 is 56.6 Å². The van der Waals surface area contributed by atoms with Crippen LogP contribution in [0.5, 0.6) is 0 Å². The van der Waals surface area contributed by atoms with Gasteiger partial charge < -0.3 is 21.7 Å². The van der Waals surface area contributed by atoms with Crippen molar-refractivity contribution in [2.45, 2.75) is 43.1 Å². The van der Waals surface area contributed by atoms with Crippen molar-refractivity contribution in [3.63, 3.8) is 0 Å². The molecule has 0 amide bonds. The summed E-state index contributed by atoms with van der Waals surface area (Å²) in [6.07, 6.45) is -18.0. The molecule has 2 rings (SSSR count). The molecule has 0 aliphatic carbocycles. The first-order valence-electron chi connectivity index (χ1n) is 8.87. The number of aliphatic hydroxyl groups is 2. The lowest BCUT2D eigenvalue weighted by Crippen LogP contribution is -2.54. The molecule has 0 radical (unpaired) electrons. The number of hydrogen-bond acceptors (Lipinski definition) is 4. The molecule has 1 unspecified atom stereocenters. The molecule has 190 valence electrons. The third-order valence-corrected chi connectivity index (χ3v) is 7.11. The standard InChI is InChI=1S/C19H15F9I2N2O2/c1-15(33,17(20,21)22)9-3-7(11(29)5-13(9)31)2-8-4-10(14(32)6-12(8)30)16(34,18(23,24)25)19(26,27)28/h3-6,33-34H,2,31-32H2,1H3. The first kappa shape index (κ1) is 29.0. The largest absolute Gasteiger partial charge is 0.430 e. The van der Waals surface area contributed by atoms with Gasteiger partial charge in [0.1, 0.15) is 0 Å². The molecule has 0 bridgehead atoms. The molecule has 4 nitrogen and oxygen atoms in total. The first-order valence-corrected chi connectivity index (χ1v) is 11.0. The Kier molecular flexibility index (Phi) is 7.70. The maximum Gasteiger partial charge on any atom is 0.430 e. The predicted molar refractivity (Wildman–Crippen MR) is 122 cm³/mol. The van der Waals surface area contributed by atoms with Crippen LogP contribution < -0.4 is 11.5 Å². The summed E-state index contributed by atoms with van der Waals surface area (Å²) in [5.41, 5.74) is -1.66. The summed E-state index contributed by atoms with van der Waals surface area (Å²) in [6, 6.07) is 3.14. The molecule has 34 heavy (non-hydrogen) atoms. The van der Waals surface area contributed by atoms with E-state index < -0.39 is 58.7 Å². The summed E-state index contributed by atoms with van der Waals surface area (Å²) < 4.78 is 120. The highest BCUT2D eigenvalue weighted by Crippen LogP contribution is 2.52. The summed E-state index contributed by atoms with van der Waals surface area (Å²) in [4.78, 5) is 0. The van der Waals surface area contributed by atoms with E-state index in [-0.39, 0.29) is 18.3 Å². The lowest BCUT2D eigenvalue weighted by Gasteiger charge is -2.34. The van der Waals surface area contributed by atoms with Crippen molar-refractivity contribution in [1.82, 2.24) is 0 Å². The van der Waals surface area contributed by atoms with Crippen LogP contribution in [0.15, 0.2) is 24.3 Å². The summed E-state index contributed by atoms with van der Waals surface area (Å²) in [6.45, 7) is 0.452. The molecule has 0 fully saturated rings. The zero-order valence-corrected chi connectivity index (χ0v) is 21.0. The van der Waals surface area contributed by atoms with E-state index in [1.54, 1.807) is 45.2 Å². The number of halogens is 11. The van der Waals surface area contributed by atoms with Gasteiger partial charge in [-0.25, -0.2) is 0 Å². The van der Waals surface area contributed by atoms with Crippen LogP contribution in [0.1, 0.15) is 29.2 Å². The number of rotatable bonds is 4. The number of benzene rings is 2. The molecule has 2 aromatic rings. The second-order valence-corrected chi connectivity index (χ2v) is 9.84. The lowest BCUT2D eigenvalue weighted by molar-refractivity contribution is -0.376. The van der Waals surface area contributed by atoms with Crippen LogP contribution in [0.2, 0.25) is 0 Å². The van der Waals surface area contributed by atoms with E-state index in [4.69, 9.17) is 11.5 Å². The van der Waals surface area contributed by atoms with Crippen LogP contribution in [0.25, 0.3) is 0 Å². The smallest absolute Gasteiger partial charge is 0.398 e. The fraction of sp³-hybridized carbons (Fsp3) is 0.368. The Labute approximate surface area is 213 Å². The molecule has 1 atom stereocenters. The van der Waals surface area contributed by atoms with Gasteiger partial charge in [0.05, 0.1) is 0 Å². The van der Waals surface area contributed by atoms with Crippen molar-refractivity contribution in [2.24, 2.45) is 0 Å². The zero-order chi connectivity index (χ0) is 26.7. The van der Waals surface area contributed by atoms with Gasteiger partial charge in [-0.05, 0) is 93.9 Å². The Bertz CT molecular complexity index is 1080. The topological polar surface area (TPSA) is 92.5 Å². The molecule has 0 aliphatic heterocycles. The normalized spacial score (nSPS) is 15.4. The van der Waals surface area contributed by atoms with Crippen molar-refractivity contribution in [1.29, 1.82) is 0 Å². The Balaban J connectivity index is 2.72. The third kappa shape index (κ3) is 5.02. The average molecular weight is 728 g/mol. The molecule has 0 aliphatic rings. The SMILES string of the molecule is CC(O)(c1cc(Cc2cc(C(O)(C(F)(F)F)C(F)(F)F)c(N)cc2I)c(I)cc1N)C(F)(F)F. The van der Waals surface area contributed by atoms with Gasteiger partial charge in [-0.3, -0.25) is 0 Å². The number of anilines is 2. The van der Waals surface area contributed by atoms with Crippen LogP contribution in [-0.4, -0.2) is 28.7 Å². The van der Waals surface area contributed by atoms with Gasteiger partial charge in [0, 0.05) is 29.6 Å². The van der Waals surface area contributed by atoms with E-state index >= 15 is 0 Å². The van der Waals surface area contributed by atoms with Gasteiger partial charge in [-0.1, -0.05) is 0 Å². The van der Waals surface area contributed by atoms with Crippen molar-refractivity contribution in [2.75, 3.05) is 11.5 Å². The van der Waals surface area contributed by atoms with Crippen molar-refractivity contribution in [3.05, 3.63) is 53.7 Å². The summed E-state index contributed by atoms with van der Waals surface area (Å²) >= 11 is 3.24.